The molecule has 0 bridgehead atoms. The number of benzene rings is 2. The van der Waals surface area contributed by atoms with Gasteiger partial charge in [-0.25, -0.2) is 4.98 Å². The molecular formula is C20H21ClN2O. The fraction of sp³-hybridized carbons (Fsp3) is 0.350. The van der Waals surface area contributed by atoms with Gasteiger partial charge in [-0.3, -0.25) is 4.90 Å². The van der Waals surface area contributed by atoms with Crippen molar-refractivity contribution in [2.24, 2.45) is 0 Å². The average Bonchev–Trinajstić information content (AvgIpc) is 3.00. The second kappa shape index (κ2) is 6.58. The van der Waals surface area contributed by atoms with Crippen LogP contribution in [0.25, 0.3) is 22.6 Å². The highest BCUT2D eigenvalue weighted by molar-refractivity contribution is 6.30. The molecule has 4 rings (SSSR count). The van der Waals surface area contributed by atoms with Crippen LogP contribution in [0.1, 0.15) is 31.7 Å². The molecule has 0 radical (unpaired) electrons. The van der Waals surface area contributed by atoms with Crippen molar-refractivity contribution in [3.05, 3.63) is 53.1 Å². The number of nitrogens with zero attached hydrogens (tertiary/aromatic N) is 2. The molecule has 1 aromatic heterocycles. The van der Waals surface area contributed by atoms with Gasteiger partial charge in [-0.2, -0.15) is 0 Å². The molecule has 124 valence electrons. The summed E-state index contributed by atoms with van der Waals surface area (Å²) in [5.74, 6) is 0.621. The number of oxazole rings is 1. The van der Waals surface area contributed by atoms with Gasteiger partial charge < -0.3 is 4.42 Å². The molecule has 0 saturated carbocycles. The maximum atomic E-state index is 6.07. The second-order valence-electron chi connectivity index (χ2n) is 6.65. The van der Waals surface area contributed by atoms with Crippen molar-refractivity contribution in [3.8, 4) is 11.5 Å². The van der Waals surface area contributed by atoms with Crippen LogP contribution in [0.4, 0.5) is 0 Å². The Balaban J connectivity index is 1.61. The van der Waals surface area contributed by atoms with Crippen LogP contribution < -0.4 is 0 Å². The maximum absolute atomic E-state index is 6.07. The quantitative estimate of drug-likeness (QED) is 0.628. The SMILES string of the molecule is C[C@H]1CCCCN1Cc1ccc2oc(-c3cccc(Cl)c3)nc2c1. The number of likely N-dealkylation sites (tertiary alicyclic amines) is 1. The molecule has 2 heterocycles. The molecule has 1 aliphatic rings. The third-order valence-corrected chi connectivity index (χ3v) is 5.08. The van der Waals surface area contributed by atoms with Crippen molar-refractivity contribution in [1.29, 1.82) is 0 Å². The first-order valence-corrected chi connectivity index (χ1v) is 8.96. The van der Waals surface area contributed by atoms with Gasteiger partial charge in [0.05, 0.1) is 0 Å². The summed E-state index contributed by atoms with van der Waals surface area (Å²) in [6, 6.07) is 14.6. The van der Waals surface area contributed by atoms with E-state index in [2.05, 4.69) is 28.9 Å². The van der Waals surface area contributed by atoms with E-state index >= 15 is 0 Å². The van der Waals surface area contributed by atoms with Crippen LogP contribution in [0.15, 0.2) is 46.9 Å². The van der Waals surface area contributed by atoms with E-state index in [0.717, 1.165) is 23.2 Å². The lowest BCUT2D eigenvalue weighted by Crippen LogP contribution is -2.36. The largest absolute Gasteiger partial charge is 0.436 e. The third-order valence-electron chi connectivity index (χ3n) is 4.85. The Labute approximate surface area is 147 Å². The minimum Gasteiger partial charge on any atom is -0.436 e. The molecule has 0 unspecified atom stereocenters. The van der Waals surface area contributed by atoms with Gasteiger partial charge in [-0.15, -0.1) is 0 Å². The summed E-state index contributed by atoms with van der Waals surface area (Å²) >= 11 is 6.07. The molecule has 0 aliphatic carbocycles. The van der Waals surface area contributed by atoms with Crippen LogP contribution >= 0.6 is 11.6 Å². The van der Waals surface area contributed by atoms with Crippen molar-refractivity contribution in [3.63, 3.8) is 0 Å². The number of aromatic nitrogens is 1. The van der Waals surface area contributed by atoms with E-state index in [4.69, 9.17) is 16.0 Å². The topological polar surface area (TPSA) is 29.3 Å². The van der Waals surface area contributed by atoms with Gasteiger partial charge in [0.2, 0.25) is 5.89 Å². The number of hydrogen-bond acceptors (Lipinski definition) is 3. The highest BCUT2D eigenvalue weighted by atomic mass is 35.5. The Hall–Kier alpha value is -1.84. The highest BCUT2D eigenvalue weighted by Crippen LogP contribution is 2.27. The Morgan fingerprint density at radius 2 is 2.12 bits per heavy atom. The van der Waals surface area contributed by atoms with Gasteiger partial charge in [-0.05, 0) is 62.2 Å². The number of fused-ring (bicyclic) bond motifs is 1. The molecule has 3 aromatic rings. The highest BCUT2D eigenvalue weighted by Gasteiger charge is 2.18. The second-order valence-corrected chi connectivity index (χ2v) is 7.08. The van der Waals surface area contributed by atoms with Gasteiger partial charge in [0.25, 0.3) is 0 Å². The van der Waals surface area contributed by atoms with E-state index < -0.39 is 0 Å². The predicted molar refractivity (Wildman–Crippen MR) is 98.2 cm³/mol. The van der Waals surface area contributed by atoms with Gasteiger partial charge >= 0.3 is 0 Å². The number of piperidine rings is 1. The predicted octanol–water partition coefficient (Wildman–Crippen LogP) is 5.52. The zero-order chi connectivity index (χ0) is 16.5. The van der Waals surface area contributed by atoms with Crippen molar-refractivity contribution in [1.82, 2.24) is 9.88 Å². The summed E-state index contributed by atoms with van der Waals surface area (Å²) in [5, 5.41) is 0.689. The van der Waals surface area contributed by atoms with E-state index in [-0.39, 0.29) is 0 Å². The van der Waals surface area contributed by atoms with E-state index in [0.29, 0.717) is 17.0 Å². The standard InChI is InChI=1S/C20H21ClN2O/c1-14-5-2-3-10-23(14)13-15-8-9-19-18(11-15)22-20(24-19)16-6-4-7-17(21)12-16/h4,6-9,11-12,14H,2-3,5,10,13H2,1H3/t14-/m0/s1. The van der Waals surface area contributed by atoms with Crippen LogP contribution in [0, 0.1) is 0 Å². The lowest BCUT2D eigenvalue weighted by molar-refractivity contribution is 0.152. The molecule has 0 spiro atoms. The zero-order valence-corrected chi connectivity index (χ0v) is 14.6. The molecule has 24 heavy (non-hydrogen) atoms. The molecular weight excluding hydrogens is 320 g/mol. The van der Waals surface area contributed by atoms with Crippen molar-refractivity contribution >= 4 is 22.7 Å². The van der Waals surface area contributed by atoms with Gasteiger partial charge in [0.1, 0.15) is 5.52 Å². The van der Waals surface area contributed by atoms with E-state index in [1.54, 1.807) is 0 Å². The van der Waals surface area contributed by atoms with Crippen LogP contribution in [-0.4, -0.2) is 22.5 Å². The van der Waals surface area contributed by atoms with Crippen molar-refractivity contribution in [2.45, 2.75) is 38.8 Å². The molecule has 1 saturated heterocycles. The van der Waals surface area contributed by atoms with Crippen molar-refractivity contribution in [2.75, 3.05) is 6.54 Å². The summed E-state index contributed by atoms with van der Waals surface area (Å²) < 4.78 is 5.89. The molecule has 0 amide bonds. The summed E-state index contributed by atoms with van der Waals surface area (Å²) in [5.41, 5.74) is 3.93. The van der Waals surface area contributed by atoms with Crippen LogP contribution in [0.3, 0.4) is 0 Å². The molecule has 0 N–H and O–H groups in total. The molecule has 3 nitrogen and oxygen atoms in total. The Bertz CT molecular complexity index is 858. The fourth-order valence-electron chi connectivity index (χ4n) is 3.44. The average molecular weight is 341 g/mol. The lowest BCUT2D eigenvalue weighted by Gasteiger charge is -2.33. The Kier molecular flexibility index (Phi) is 4.30. The lowest BCUT2D eigenvalue weighted by atomic mass is 10.0. The number of hydrogen-bond donors (Lipinski definition) is 0. The van der Waals surface area contributed by atoms with Gasteiger partial charge in [-0.1, -0.05) is 30.2 Å². The first-order valence-electron chi connectivity index (χ1n) is 8.58. The third kappa shape index (κ3) is 3.19. The number of halogens is 1. The summed E-state index contributed by atoms with van der Waals surface area (Å²) in [4.78, 5) is 7.21. The smallest absolute Gasteiger partial charge is 0.227 e. The summed E-state index contributed by atoms with van der Waals surface area (Å²) in [7, 11) is 0. The van der Waals surface area contributed by atoms with E-state index in [1.165, 1.54) is 31.4 Å². The molecule has 2 aromatic carbocycles. The summed E-state index contributed by atoms with van der Waals surface area (Å²) in [6.45, 7) is 4.49. The Morgan fingerprint density at radius 3 is 2.96 bits per heavy atom. The van der Waals surface area contributed by atoms with Crippen LogP contribution in [-0.2, 0) is 6.54 Å². The normalized spacial score (nSPS) is 19.0. The molecule has 1 fully saturated rings. The first kappa shape index (κ1) is 15.7. The van der Waals surface area contributed by atoms with Gasteiger partial charge in [0.15, 0.2) is 5.58 Å². The van der Waals surface area contributed by atoms with Gasteiger partial charge in [0, 0.05) is 23.2 Å². The molecule has 1 aliphatic heterocycles. The minimum absolute atomic E-state index is 0.621. The summed E-state index contributed by atoms with van der Waals surface area (Å²) in [6.07, 6.45) is 3.95. The monoisotopic (exact) mass is 340 g/mol. The molecule has 1 atom stereocenters. The van der Waals surface area contributed by atoms with Crippen LogP contribution in [0.5, 0.6) is 0 Å². The fourth-order valence-corrected chi connectivity index (χ4v) is 3.63. The molecule has 4 heteroatoms. The zero-order valence-electron chi connectivity index (χ0n) is 13.8. The maximum Gasteiger partial charge on any atom is 0.227 e. The van der Waals surface area contributed by atoms with Crippen LogP contribution in [0.2, 0.25) is 5.02 Å². The first-order chi connectivity index (χ1) is 11.7. The minimum atomic E-state index is 0.621. The van der Waals surface area contributed by atoms with Crippen molar-refractivity contribution < 1.29 is 4.42 Å². The van der Waals surface area contributed by atoms with E-state index in [1.807, 2.05) is 30.3 Å². The Morgan fingerprint density at radius 1 is 1.21 bits per heavy atom. The number of rotatable bonds is 3. The van der Waals surface area contributed by atoms with E-state index in [9.17, 15) is 0 Å².